The van der Waals surface area contributed by atoms with Gasteiger partial charge in [0.05, 0.1) is 0 Å². The maximum Gasteiger partial charge on any atom is 0.0358 e. The van der Waals surface area contributed by atoms with Crippen molar-refractivity contribution in [1.29, 1.82) is 0 Å². The zero-order valence-electron chi connectivity index (χ0n) is 8.40. The number of thiophene rings is 1. The van der Waals surface area contributed by atoms with Gasteiger partial charge in [-0.3, -0.25) is 4.98 Å². The molecule has 0 aliphatic heterocycles. The molecular formula is C12H13NS. The summed E-state index contributed by atoms with van der Waals surface area (Å²) < 4.78 is 0. The molecule has 0 N–H and O–H groups in total. The summed E-state index contributed by atoms with van der Waals surface area (Å²) in [4.78, 5) is 5.56. The predicted octanol–water partition coefficient (Wildman–Crippen LogP) is 3.93. The van der Waals surface area contributed by atoms with Crippen LogP contribution in [0, 0.1) is 0 Å². The molecule has 0 spiro atoms. The Bertz CT molecular complexity index is 404. The molecule has 2 heteroatoms. The molecule has 0 saturated carbocycles. The zero-order valence-corrected chi connectivity index (χ0v) is 9.21. The molecule has 0 aliphatic carbocycles. The van der Waals surface area contributed by atoms with Crippen LogP contribution in [0.3, 0.4) is 0 Å². The number of pyridine rings is 1. The van der Waals surface area contributed by atoms with Gasteiger partial charge in [0.2, 0.25) is 0 Å². The van der Waals surface area contributed by atoms with Crippen LogP contribution in [0.15, 0.2) is 36.0 Å². The van der Waals surface area contributed by atoms with Crippen molar-refractivity contribution in [2.45, 2.75) is 19.8 Å². The molecule has 0 fully saturated rings. The van der Waals surface area contributed by atoms with Crippen LogP contribution in [0.4, 0.5) is 0 Å². The Balaban J connectivity index is 2.41. The fraction of sp³-hybridized carbons (Fsp3) is 0.250. The normalized spacial score (nSPS) is 10.8. The Morgan fingerprint density at radius 3 is 2.79 bits per heavy atom. The van der Waals surface area contributed by atoms with Gasteiger partial charge in [0.1, 0.15) is 0 Å². The second-order valence-corrected chi connectivity index (χ2v) is 4.59. The highest BCUT2D eigenvalue weighted by molar-refractivity contribution is 7.13. The summed E-state index contributed by atoms with van der Waals surface area (Å²) in [6.45, 7) is 4.38. The van der Waals surface area contributed by atoms with Gasteiger partial charge in [-0.15, -0.1) is 11.3 Å². The van der Waals surface area contributed by atoms with Crippen LogP contribution in [-0.2, 0) is 0 Å². The third-order valence-electron chi connectivity index (χ3n) is 2.23. The Morgan fingerprint density at radius 2 is 2.14 bits per heavy atom. The minimum atomic E-state index is 0.544. The lowest BCUT2D eigenvalue weighted by Crippen LogP contribution is -1.88. The van der Waals surface area contributed by atoms with Crippen molar-refractivity contribution >= 4 is 11.3 Å². The molecule has 2 aromatic rings. The monoisotopic (exact) mass is 203 g/mol. The summed E-state index contributed by atoms with van der Waals surface area (Å²) >= 11 is 1.76. The number of rotatable bonds is 2. The van der Waals surface area contributed by atoms with Crippen LogP contribution in [-0.4, -0.2) is 4.98 Å². The van der Waals surface area contributed by atoms with Crippen LogP contribution in [0.5, 0.6) is 0 Å². The molecule has 0 aliphatic rings. The number of hydrogen-bond acceptors (Lipinski definition) is 2. The van der Waals surface area contributed by atoms with Gasteiger partial charge in [-0.05, 0) is 29.0 Å². The lowest BCUT2D eigenvalue weighted by atomic mass is 10.0. The fourth-order valence-corrected chi connectivity index (χ4v) is 2.06. The van der Waals surface area contributed by atoms with Gasteiger partial charge in [0, 0.05) is 22.8 Å². The molecule has 72 valence electrons. The van der Waals surface area contributed by atoms with E-state index in [1.54, 1.807) is 11.3 Å². The van der Waals surface area contributed by atoms with Crippen molar-refractivity contribution in [2.75, 3.05) is 0 Å². The smallest absolute Gasteiger partial charge is 0.0358 e. The van der Waals surface area contributed by atoms with E-state index in [0.29, 0.717) is 5.92 Å². The van der Waals surface area contributed by atoms with Crippen molar-refractivity contribution < 1.29 is 0 Å². The number of nitrogens with zero attached hydrogens (tertiary/aromatic N) is 1. The largest absolute Gasteiger partial charge is 0.264 e. The van der Waals surface area contributed by atoms with Gasteiger partial charge >= 0.3 is 0 Å². The van der Waals surface area contributed by atoms with Gasteiger partial charge in [-0.1, -0.05) is 19.9 Å². The Hall–Kier alpha value is -1.15. The first-order valence-corrected chi connectivity index (χ1v) is 5.64. The quantitative estimate of drug-likeness (QED) is 0.720. The molecular weight excluding hydrogens is 190 g/mol. The maximum absolute atomic E-state index is 4.27. The van der Waals surface area contributed by atoms with Crippen LogP contribution in [0.2, 0.25) is 0 Å². The van der Waals surface area contributed by atoms with Gasteiger partial charge in [0.25, 0.3) is 0 Å². The summed E-state index contributed by atoms with van der Waals surface area (Å²) in [7, 11) is 0. The second kappa shape index (κ2) is 3.93. The first-order chi connectivity index (χ1) is 6.77. The SMILES string of the molecule is CC(C)c1cncc(-c2cccs2)c1. The Labute approximate surface area is 88.4 Å². The Morgan fingerprint density at radius 1 is 1.29 bits per heavy atom. The van der Waals surface area contributed by atoms with Crippen LogP contribution in [0.25, 0.3) is 10.4 Å². The molecule has 0 atom stereocenters. The first kappa shape index (κ1) is 9.41. The van der Waals surface area contributed by atoms with Crippen molar-refractivity contribution in [1.82, 2.24) is 4.98 Å². The average molecular weight is 203 g/mol. The van der Waals surface area contributed by atoms with E-state index in [9.17, 15) is 0 Å². The van der Waals surface area contributed by atoms with Crippen LogP contribution < -0.4 is 0 Å². The van der Waals surface area contributed by atoms with E-state index in [0.717, 1.165) is 0 Å². The van der Waals surface area contributed by atoms with E-state index in [-0.39, 0.29) is 0 Å². The zero-order chi connectivity index (χ0) is 9.97. The minimum Gasteiger partial charge on any atom is -0.264 e. The highest BCUT2D eigenvalue weighted by atomic mass is 32.1. The third-order valence-corrected chi connectivity index (χ3v) is 3.15. The predicted molar refractivity (Wildman–Crippen MR) is 61.6 cm³/mol. The summed E-state index contributed by atoms with van der Waals surface area (Å²) in [5, 5.41) is 2.09. The molecule has 2 aromatic heterocycles. The molecule has 0 unspecified atom stereocenters. The van der Waals surface area contributed by atoms with E-state index < -0.39 is 0 Å². The lowest BCUT2D eigenvalue weighted by molar-refractivity contribution is 0.859. The van der Waals surface area contributed by atoms with E-state index in [2.05, 4.69) is 42.4 Å². The maximum atomic E-state index is 4.27. The van der Waals surface area contributed by atoms with Crippen molar-refractivity contribution in [3.63, 3.8) is 0 Å². The minimum absolute atomic E-state index is 0.544. The van der Waals surface area contributed by atoms with Crippen molar-refractivity contribution in [2.24, 2.45) is 0 Å². The summed E-state index contributed by atoms with van der Waals surface area (Å²) in [5.41, 5.74) is 2.53. The van der Waals surface area contributed by atoms with Crippen LogP contribution in [0.1, 0.15) is 25.3 Å². The number of hydrogen-bond donors (Lipinski definition) is 0. The first-order valence-electron chi connectivity index (χ1n) is 4.76. The van der Waals surface area contributed by atoms with Gasteiger partial charge in [-0.2, -0.15) is 0 Å². The van der Waals surface area contributed by atoms with Crippen molar-refractivity contribution in [3.8, 4) is 10.4 Å². The highest BCUT2D eigenvalue weighted by Gasteiger charge is 2.03. The van der Waals surface area contributed by atoms with Crippen molar-refractivity contribution in [3.05, 3.63) is 41.5 Å². The molecule has 0 saturated heterocycles. The lowest BCUT2D eigenvalue weighted by Gasteiger charge is -2.05. The molecule has 0 bridgehead atoms. The molecule has 1 nitrogen and oxygen atoms in total. The van der Waals surface area contributed by atoms with E-state index >= 15 is 0 Å². The topological polar surface area (TPSA) is 12.9 Å². The number of aromatic nitrogens is 1. The summed E-state index contributed by atoms with van der Waals surface area (Å²) in [6.07, 6.45) is 3.87. The average Bonchev–Trinajstić information content (AvgIpc) is 2.71. The van der Waals surface area contributed by atoms with Crippen LogP contribution >= 0.6 is 11.3 Å². The standard InChI is InChI=1S/C12H13NS/c1-9(2)10-6-11(8-13-7-10)12-4-3-5-14-12/h3-9H,1-2H3. The third kappa shape index (κ3) is 1.85. The highest BCUT2D eigenvalue weighted by Crippen LogP contribution is 2.26. The summed E-state index contributed by atoms with van der Waals surface area (Å²) in [5.74, 6) is 0.544. The fourth-order valence-electron chi connectivity index (χ4n) is 1.35. The van der Waals surface area contributed by atoms with E-state index in [1.807, 2.05) is 12.4 Å². The Kier molecular flexibility index (Phi) is 2.64. The van der Waals surface area contributed by atoms with E-state index in [1.165, 1.54) is 16.0 Å². The second-order valence-electron chi connectivity index (χ2n) is 3.64. The van der Waals surface area contributed by atoms with E-state index in [4.69, 9.17) is 0 Å². The molecule has 2 heterocycles. The van der Waals surface area contributed by atoms with Gasteiger partial charge in [0.15, 0.2) is 0 Å². The summed E-state index contributed by atoms with van der Waals surface area (Å²) in [6, 6.07) is 6.43. The molecule has 14 heavy (non-hydrogen) atoms. The molecule has 0 amide bonds. The van der Waals surface area contributed by atoms with Gasteiger partial charge in [-0.25, -0.2) is 0 Å². The van der Waals surface area contributed by atoms with Gasteiger partial charge < -0.3 is 0 Å². The molecule has 0 aromatic carbocycles. The molecule has 2 rings (SSSR count). The molecule has 0 radical (unpaired) electrons.